The first kappa shape index (κ1) is 27.4. The second-order valence-corrected chi connectivity index (χ2v) is 8.39. The molecule has 0 saturated heterocycles. The summed E-state index contributed by atoms with van der Waals surface area (Å²) in [4.78, 5) is 8.44. The van der Waals surface area contributed by atoms with Crippen LogP contribution < -0.4 is 20.1 Å². The van der Waals surface area contributed by atoms with Crippen LogP contribution in [0.1, 0.15) is 45.1 Å². The van der Waals surface area contributed by atoms with E-state index < -0.39 is 6.61 Å². The predicted octanol–water partition coefficient (Wildman–Crippen LogP) is 6.94. The van der Waals surface area contributed by atoms with Gasteiger partial charge in [0.1, 0.15) is 6.07 Å². The number of pyridine rings is 1. The van der Waals surface area contributed by atoms with Crippen molar-refractivity contribution in [3.8, 4) is 17.6 Å². The first-order valence-electron chi connectivity index (χ1n) is 12.2. The van der Waals surface area contributed by atoms with Crippen LogP contribution in [-0.2, 0) is 0 Å². The summed E-state index contributed by atoms with van der Waals surface area (Å²) in [5.41, 5.74) is 1.83. The molecule has 1 heterocycles. The molecule has 194 valence electrons. The average molecular weight is 508 g/mol. The number of halogens is 2. The summed E-state index contributed by atoms with van der Waals surface area (Å²) in [5, 5.41) is 15.4. The standard InChI is InChI=1S/C28H31F2N5O2/c1-3-8-21(17-31)18-32-19-34-27-24(12-7-16-33-27)35-20(2)14-15-22-9-6-13-25(37-28(29)30)26(22)36-23-10-4-5-11-23/h3,6-9,12-16,18-20,23,28,35H,4-5,10-11H2,1-2H3,(H,32,33,34)/b8-3-,15-14+,21-18+. The van der Waals surface area contributed by atoms with E-state index in [1.807, 2.05) is 44.2 Å². The minimum Gasteiger partial charge on any atom is -0.486 e. The maximum Gasteiger partial charge on any atom is 0.387 e. The molecule has 7 nitrogen and oxygen atoms in total. The fourth-order valence-electron chi connectivity index (χ4n) is 3.83. The Morgan fingerprint density at radius 1 is 1.24 bits per heavy atom. The molecule has 0 amide bonds. The minimum absolute atomic E-state index is 0.00658. The summed E-state index contributed by atoms with van der Waals surface area (Å²) in [6.07, 6.45) is 15.6. The third kappa shape index (κ3) is 8.76. The highest BCUT2D eigenvalue weighted by Gasteiger charge is 2.21. The second-order valence-electron chi connectivity index (χ2n) is 8.39. The van der Waals surface area contributed by atoms with Crippen LogP contribution in [-0.4, -0.2) is 30.1 Å². The molecule has 1 aromatic carbocycles. The van der Waals surface area contributed by atoms with Crippen molar-refractivity contribution in [1.29, 1.82) is 5.26 Å². The lowest BCUT2D eigenvalue weighted by Crippen LogP contribution is -2.15. The fourth-order valence-corrected chi connectivity index (χ4v) is 3.83. The van der Waals surface area contributed by atoms with E-state index in [0.29, 0.717) is 22.7 Å². The smallest absolute Gasteiger partial charge is 0.387 e. The maximum atomic E-state index is 13.0. The SMILES string of the molecule is C/C=C\C(C#N)=C/N=CNc1ncccc1NC(C)/C=C/c1cccc(OC(F)F)c1OC1CCCC1. The Balaban J connectivity index is 1.72. The van der Waals surface area contributed by atoms with Gasteiger partial charge >= 0.3 is 6.61 Å². The summed E-state index contributed by atoms with van der Waals surface area (Å²) < 4.78 is 36.8. The molecule has 1 aliphatic rings. The molecule has 2 N–H and O–H groups in total. The molecule has 37 heavy (non-hydrogen) atoms. The summed E-state index contributed by atoms with van der Waals surface area (Å²) in [6, 6.07) is 10.6. The summed E-state index contributed by atoms with van der Waals surface area (Å²) >= 11 is 0. The Kier molecular flexibility index (Phi) is 10.7. The van der Waals surface area contributed by atoms with Crippen LogP contribution in [0.2, 0.25) is 0 Å². The van der Waals surface area contributed by atoms with Crippen molar-refractivity contribution in [2.75, 3.05) is 10.6 Å². The van der Waals surface area contributed by atoms with Gasteiger partial charge in [-0.05, 0) is 63.8 Å². The van der Waals surface area contributed by atoms with Crippen molar-refractivity contribution in [2.45, 2.75) is 58.3 Å². The highest BCUT2D eigenvalue weighted by atomic mass is 19.3. The number of nitrogens with one attached hydrogen (secondary N) is 2. The molecule has 1 saturated carbocycles. The number of alkyl halides is 2. The van der Waals surface area contributed by atoms with Gasteiger partial charge in [0, 0.05) is 24.0 Å². The van der Waals surface area contributed by atoms with Gasteiger partial charge in [0.2, 0.25) is 0 Å². The summed E-state index contributed by atoms with van der Waals surface area (Å²) in [6.45, 7) is 0.847. The third-order valence-electron chi connectivity index (χ3n) is 5.53. The average Bonchev–Trinajstić information content (AvgIpc) is 3.40. The molecule has 2 aromatic rings. The van der Waals surface area contributed by atoms with Crippen molar-refractivity contribution in [3.05, 3.63) is 72.1 Å². The zero-order valence-electron chi connectivity index (χ0n) is 20.9. The van der Waals surface area contributed by atoms with Gasteiger partial charge in [-0.2, -0.15) is 14.0 Å². The first-order chi connectivity index (χ1) is 18.0. The van der Waals surface area contributed by atoms with Crippen molar-refractivity contribution in [2.24, 2.45) is 4.99 Å². The van der Waals surface area contributed by atoms with Crippen LogP contribution in [0.4, 0.5) is 20.3 Å². The highest BCUT2D eigenvalue weighted by molar-refractivity contribution is 5.81. The van der Waals surface area contributed by atoms with Gasteiger partial charge < -0.3 is 20.1 Å². The van der Waals surface area contributed by atoms with Gasteiger partial charge in [-0.3, -0.25) is 0 Å². The van der Waals surface area contributed by atoms with Crippen LogP contribution in [0.5, 0.6) is 11.5 Å². The molecule has 0 radical (unpaired) electrons. The Morgan fingerprint density at radius 2 is 2.05 bits per heavy atom. The predicted molar refractivity (Wildman–Crippen MR) is 143 cm³/mol. The topological polar surface area (TPSA) is 91.6 Å². The third-order valence-corrected chi connectivity index (χ3v) is 5.53. The van der Waals surface area contributed by atoms with Crippen molar-refractivity contribution >= 4 is 23.9 Å². The Morgan fingerprint density at radius 3 is 2.78 bits per heavy atom. The molecule has 1 unspecified atom stereocenters. The Bertz CT molecular complexity index is 1180. The lowest BCUT2D eigenvalue weighted by atomic mass is 10.1. The van der Waals surface area contributed by atoms with E-state index in [4.69, 9.17) is 14.7 Å². The van der Waals surface area contributed by atoms with Gasteiger partial charge in [0.25, 0.3) is 0 Å². The molecule has 0 aliphatic heterocycles. The highest BCUT2D eigenvalue weighted by Crippen LogP contribution is 2.36. The van der Waals surface area contributed by atoms with Gasteiger partial charge in [0.05, 0.1) is 23.7 Å². The maximum absolute atomic E-state index is 13.0. The first-order valence-corrected chi connectivity index (χ1v) is 12.2. The van der Waals surface area contributed by atoms with Gasteiger partial charge in [-0.25, -0.2) is 9.98 Å². The number of ether oxygens (including phenoxy) is 2. The number of aliphatic imine (C=N–C) groups is 1. The van der Waals surface area contributed by atoms with Crippen LogP contribution >= 0.6 is 0 Å². The number of nitrogens with zero attached hydrogens (tertiary/aromatic N) is 3. The number of aromatic nitrogens is 1. The van der Waals surface area contributed by atoms with E-state index in [1.165, 1.54) is 18.6 Å². The molecule has 0 spiro atoms. The second kappa shape index (κ2) is 14.4. The van der Waals surface area contributed by atoms with Gasteiger partial charge in [-0.1, -0.05) is 30.4 Å². The van der Waals surface area contributed by atoms with E-state index in [0.717, 1.165) is 31.4 Å². The summed E-state index contributed by atoms with van der Waals surface area (Å²) in [7, 11) is 0. The van der Waals surface area contributed by atoms with Gasteiger partial charge in [-0.15, -0.1) is 0 Å². The number of para-hydroxylation sites is 1. The number of nitriles is 1. The van der Waals surface area contributed by atoms with Crippen LogP contribution in [0.15, 0.2) is 71.5 Å². The number of benzene rings is 1. The van der Waals surface area contributed by atoms with E-state index in [2.05, 4.69) is 20.6 Å². The number of hydrogen-bond donors (Lipinski definition) is 2. The molecule has 1 fully saturated rings. The normalized spacial score (nSPS) is 15.5. The Hall–Kier alpha value is -4.19. The zero-order valence-corrected chi connectivity index (χ0v) is 20.9. The number of rotatable bonds is 12. The quantitative estimate of drug-likeness (QED) is 0.140. The Labute approximate surface area is 216 Å². The molecule has 1 atom stereocenters. The van der Waals surface area contributed by atoms with Crippen LogP contribution in [0.25, 0.3) is 6.08 Å². The van der Waals surface area contributed by atoms with E-state index >= 15 is 0 Å². The number of anilines is 2. The number of hydrogen-bond acceptors (Lipinski definition) is 6. The molecular formula is C28H31F2N5O2. The lowest BCUT2D eigenvalue weighted by molar-refractivity contribution is -0.0520. The van der Waals surface area contributed by atoms with Crippen LogP contribution in [0.3, 0.4) is 0 Å². The number of allylic oxidation sites excluding steroid dienone is 3. The molecular weight excluding hydrogens is 476 g/mol. The monoisotopic (exact) mass is 507 g/mol. The van der Waals surface area contributed by atoms with E-state index in [1.54, 1.807) is 30.5 Å². The minimum atomic E-state index is -2.93. The van der Waals surface area contributed by atoms with Crippen molar-refractivity contribution in [3.63, 3.8) is 0 Å². The lowest BCUT2D eigenvalue weighted by Gasteiger charge is -2.19. The molecule has 3 rings (SSSR count). The fraction of sp³-hybridized carbons (Fsp3) is 0.321. The zero-order chi connectivity index (χ0) is 26.5. The summed E-state index contributed by atoms with van der Waals surface area (Å²) in [5.74, 6) is 0.925. The van der Waals surface area contributed by atoms with Crippen molar-refractivity contribution in [1.82, 2.24) is 4.98 Å². The van der Waals surface area contributed by atoms with E-state index in [9.17, 15) is 8.78 Å². The van der Waals surface area contributed by atoms with Crippen LogP contribution in [0, 0.1) is 11.3 Å². The largest absolute Gasteiger partial charge is 0.486 e. The molecule has 1 aromatic heterocycles. The van der Waals surface area contributed by atoms with E-state index in [-0.39, 0.29) is 17.9 Å². The van der Waals surface area contributed by atoms with Gasteiger partial charge in [0.15, 0.2) is 17.3 Å². The molecule has 1 aliphatic carbocycles. The molecule has 9 heteroatoms. The van der Waals surface area contributed by atoms with Crippen molar-refractivity contribution < 1.29 is 18.3 Å². The molecule has 0 bridgehead atoms.